The predicted molar refractivity (Wildman–Crippen MR) is 35.9 cm³/mol. The maximum atomic E-state index is 4.19. The SMILES string of the molecule is [CH2]Cc1csc(C)n1. The van der Waals surface area contributed by atoms with Crippen LogP contribution in [0.5, 0.6) is 0 Å². The van der Waals surface area contributed by atoms with E-state index in [2.05, 4.69) is 11.9 Å². The van der Waals surface area contributed by atoms with Crippen LogP contribution in [0.2, 0.25) is 0 Å². The number of thiazole rings is 1. The zero-order valence-corrected chi connectivity index (χ0v) is 5.66. The highest BCUT2D eigenvalue weighted by molar-refractivity contribution is 7.09. The van der Waals surface area contributed by atoms with E-state index in [-0.39, 0.29) is 0 Å². The van der Waals surface area contributed by atoms with Crippen LogP contribution < -0.4 is 0 Å². The fourth-order valence-electron chi connectivity index (χ4n) is 0.523. The third-order valence-corrected chi connectivity index (χ3v) is 1.75. The molecule has 0 atom stereocenters. The summed E-state index contributed by atoms with van der Waals surface area (Å²) in [6.07, 6.45) is 0.810. The van der Waals surface area contributed by atoms with E-state index >= 15 is 0 Å². The van der Waals surface area contributed by atoms with Crippen molar-refractivity contribution in [3.63, 3.8) is 0 Å². The van der Waals surface area contributed by atoms with Crippen molar-refractivity contribution in [2.24, 2.45) is 0 Å². The Morgan fingerprint density at radius 2 is 2.62 bits per heavy atom. The average Bonchev–Trinajstić information content (AvgIpc) is 2.14. The molecule has 0 amide bonds. The van der Waals surface area contributed by atoms with Crippen LogP contribution in [0.15, 0.2) is 5.38 Å². The Balaban J connectivity index is 2.84. The molecule has 1 rings (SSSR count). The standard InChI is InChI=1S/C6H8NS/c1-3-6-4-8-5(2)7-6/h4H,1,3H2,2H3. The second-order valence-corrected chi connectivity index (χ2v) is 2.67. The van der Waals surface area contributed by atoms with Crippen molar-refractivity contribution in [2.45, 2.75) is 13.3 Å². The van der Waals surface area contributed by atoms with Crippen LogP contribution in [0.3, 0.4) is 0 Å². The van der Waals surface area contributed by atoms with Crippen molar-refractivity contribution in [2.75, 3.05) is 0 Å². The predicted octanol–water partition coefficient (Wildman–Crippen LogP) is 1.83. The summed E-state index contributed by atoms with van der Waals surface area (Å²) in [5.74, 6) is 0. The third kappa shape index (κ3) is 1.07. The highest BCUT2D eigenvalue weighted by Crippen LogP contribution is 2.06. The molecule has 0 N–H and O–H groups in total. The van der Waals surface area contributed by atoms with E-state index in [0.29, 0.717) is 0 Å². The molecule has 8 heavy (non-hydrogen) atoms. The van der Waals surface area contributed by atoms with E-state index in [1.165, 1.54) is 0 Å². The van der Waals surface area contributed by atoms with Crippen LogP contribution in [0.4, 0.5) is 0 Å². The van der Waals surface area contributed by atoms with Gasteiger partial charge < -0.3 is 0 Å². The number of rotatable bonds is 1. The number of hydrogen-bond acceptors (Lipinski definition) is 2. The van der Waals surface area contributed by atoms with E-state index in [9.17, 15) is 0 Å². The Kier molecular flexibility index (Phi) is 1.63. The molecule has 2 heteroatoms. The molecule has 1 heterocycles. The summed E-state index contributed by atoms with van der Waals surface area (Å²) in [4.78, 5) is 4.19. The number of hydrogen-bond donors (Lipinski definition) is 0. The van der Waals surface area contributed by atoms with E-state index in [1.54, 1.807) is 11.3 Å². The van der Waals surface area contributed by atoms with Gasteiger partial charge >= 0.3 is 0 Å². The summed E-state index contributed by atoms with van der Waals surface area (Å²) in [5, 5.41) is 3.17. The molecule has 0 fully saturated rings. The molecule has 1 aromatic heterocycles. The minimum Gasteiger partial charge on any atom is -0.247 e. The van der Waals surface area contributed by atoms with Gasteiger partial charge in [0.05, 0.1) is 10.7 Å². The molecule has 0 aliphatic carbocycles. The highest BCUT2D eigenvalue weighted by Gasteiger charge is 1.91. The van der Waals surface area contributed by atoms with E-state index in [4.69, 9.17) is 0 Å². The molecule has 0 bridgehead atoms. The molecule has 1 aromatic rings. The fourth-order valence-corrected chi connectivity index (χ4v) is 1.17. The lowest BCUT2D eigenvalue weighted by molar-refractivity contribution is 1.12. The van der Waals surface area contributed by atoms with Crippen molar-refractivity contribution in [3.8, 4) is 0 Å². The van der Waals surface area contributed by atoms with Crippen molar-refractivity contribution >= 4 is 11.3 Å². The lowest BCUT2D eigenvalue weighted by Gasteiger charge is -1.79. The first kappa shape index (κ1) is 5.76. The van der Waals surface area contributed by atoms with Gasteiger partial charge in [0.15, 0.2) is 0 Å². The summed E-state index contributed by atoms with van der Waals surface area (Å²) < 4.78 is 0. The molecule has 0 spiro atoms. The van der Waals surface area contributed by atoms with Crippen molar-refractivity contribution in [1.82, 2.24) is 4.98 Å². The van der Waals surface area contributed by atoms with Gasteiger partial charge in [0.25, 0.3) is 0 Å². The average molecular weight is 126 g/mol. The zero-order valence-electron chi connectivity index (χ0n) is 4.85. The van der Waals surface area contributed by atoms with Gasteiger partial charge in [-0.05, 0) is 20.3 Å². The Labute approximate surface area is 53.4 Å². The van der Waals surface area contributed by atoms with Gasteiger partial charge in [0.1, 0.15) is 0 Å². The molecule has 1 nitrogen and oxygen atoms in total. The van der Waals surface area contributed by atoms with Gasteiger partial charge in [0, 0.05) is 5.38 Å². The van der Waals surface area contributed by atoms with Gasteiger partial charge in [-0.2, -0.15) is 0 Å². The van der Waals surface area contributed by atoms with Crippen LogP contribution >= 0.6 is 11.3 Å². The minimum absolute atomic E-state index is 0.810. The van der Waals surface area contributed by atoms with Crippen LogP contribution in [0.1, 0.15) is 10.7 Å². The molecule has 1 radical (unpaired) electrons. The molecule has 0 aliphatic rings. The van der Waals surface area contributed by atoms with Crippen molar-refractivity contribution in [3.05, 3.63) is 23.0 Å². The molecule has 0 saturated heterocycles. The first-order valence-corrected chi connectivity index (χ1v) is 3.41. The molecule has 0 saturated carbocycles. The number of aromatic nitrogens is 1. The Morgan fingerprint density at radius 3 is 2.88 bits per heavy atom. The van der Waals surface area contributed by atoms with Crippen LogP contribution in [0.25, 0.3) is 0 Å². The summed E-state index contributed by atoms with van der Waals surface area (Å²) in [6, 6.07) is 0. The van der Waals surface area contributed by atoms with E-state index < -0.39 is 0 Å². The number of aryl methyl sites for hydroxylation is 1. The number of nitrogens with zero attached hydrogens (tertiary/aromatic N) is 1. The van der Waals surface area contributed by atoms with E-state index in [1.807, 2.05) is 12.3 Å². The first-order chi connectivity index (χ1) is 3.83. The molecule has 0 aliphatic heterocycles. The Hall–Kier alpha value is -0.370. The second kappa shape index (κ2) is 2.27. The van der Waals surface area contributed by atoms with Crippen LogP contribution in [0, 0.1) is 13.8 Å². The van der Waals surface area contributed by atoms with Gasteiger partial charge in [0.2, 0.25) is 0 Å². The monoisotopic (exact) mass is 126 g/mol. The zero-order chi connectivity index (χ0) is 5.98. The molecule has 0 unspecified atom stereocenters. The summed E-state index contributed by atoms with van der Waals surface area (Å²) >= 11 is 1.68. The fraction of sp³-hybridized carbons (Fsp3) is 0.333. The van der Waals surface area contributed by atoms with Gasteiger partial charge in [-0.25, -0.2) is 4.98 Å². The second-order valence-electron chi connectivity index (χ2n) is 1.61. The van der Waals surface area contributed by atoms with Crippen molar-refractivity contribution in [1.29, 1.82) is 0 Å². The normalized spacial score (nSPS) is 9.75. The van der Waals surface area contributed by atoms with Gasteiger partial charge in [-0.1, -0.05) is 0 Å². The Bertz CT molecular complexity index is 169. The van der Waals surface area contributed by atoms with Crippen LogP contribution in [-0.2, 0) is 6.42 Å². The third-order valence-electron chi connectivity index (χ3n) is 0.923. The van der Waals surface area contributed by atoms with Gasteiger partial charge in [-0.15, -0.1) is 11.3 Å². The largest absolute Gasteiger partial charge is 0.247 e. The Morgan fingerprint density at radius 1 is 1.88 bits per heavy atom. The van der Waals surface area contributed by atoms with Gasteiger partial charge in [-0.3, -0.25) is 0 Å². The lowest BCUT2D eigenvalue weighted by atomic mass is 10.4. The molecule has 0 aromatic carbocycles. The molecular weight excluding hydrogens is 118 g/mol. The topological polar surface area (TPSA) is 12.9 Å². The van der Waals surface area contributed by atoms with E-state index in [0.717, 1.165) is 17.1 Å². The molecular formula is C6H8NS. The summed E-state index contributed by atoms with van der Waals surface area (Å²) in [7, 11) is 0. The summed E-state index contributed by atoms with van der Waals surface area (Å²) in [5.41, 5.74) is 1.10. The quantitative estimate of drug-likeness (QED) is 0.559. The first-order valence-electron chi connectivity index (χ1n) is 2.53. The van der Waals surface area contributed by atoms with Crippen LogP contribution in [-0.4, -0.2) is 4.98 Å². The highest BCUT2D eigenvalue weighted by atomic mass is 32.1. The minimum atomic E-state index is 0.810. The summed E-state index contributed by atoms with van der Waals surface area (Å²) in [6.45, 7) is 5.72. The van der Waals surface area contributed by atoms with Crippen molar-refractivity contribution < 1.29 is 0 Å². The maximum absolute atomic E-state index is 4.19. The molecule has 43 valence electrons. The lowest BCUT2D eigenvalue weighted by Crippen LogP contribution is -1.77. The smallest absolute Gasteiger partial charge is 0.0897 e. The maximum Gasteiger partial charge on any atom is 0.0897 e.